The molecule has 0 amide bonds. The maximum atomic E-state index is 10.9. The quantitative estimate of drug-likeness (QED) is 0.344. The molecule has 3 rings (SSSR count). The van der Waals surface area contributed by atoms with Gasteiger partial charge in [0.2, 0.25) is 0 Å². The molecule has 0 aliphatic heterocycles. The zero-order valence-corrected chi connectivity index (χ0v) is 19.7. The summed E-state index contributed by atoms with van der Waals surface area (Å²) in [5.41, 5.74) is 3.07. The van der Waals surface area contributed by atoms with E-state index in [4.69, 9.17) is 14.6 Å². The number of carboxylic acid groups (broad SMARTS) is 1. The summed E-state index contributed by atoms with van der Waals surface area (Å²) >= 11 is 0. The highest BCUT2D eigenvalue weighted by Gasteiger charge is 2.16. The second kappa shape index (κ2) is 10.6. The Morgan fingerprint density at radius 3 is 2.28 bits per heavy atom. The summed E-state index contributed by atoms with van der Waals surface area (Å²) in [5, 5.41) is 10.2. The summed E-state index contributed by atoms with van der Waals surface area (Å²) in [6.07, 6.45) is 6.03. The highest BCUT2D eigenvalue weighted by Crippen LogP contribution is 2.32. The van der Waals surface area contributed by atoms with Gasteiger partial charge in [-0.2, -0.15) is 0 Å². The summed E-state index contributed by atoms with van der Waals surface area (Å²) in [5.74, 6) is 0.740. The maximum Gasteiger partial charge on any atom is 0.335 e. The molecule has 1 aromatic heterocycles. The van der Waals surface area contributed by atoms with Crippen molar-refractivity contribution < 1.29 is 19.4 Å². The van der Waals surface area contributed by atoms with Crippen molar-refractivity contribution >= 4 is 16.9 Å². The molecule has 0 atom stereocenters. The fraction of sp³-hybridized carbons (Fsp3) is 0.444. The number of rotatable bonds is 11. The summed E-state index contributed by atoms with van der Waals surface area (Å²) < 4.78 is 14.2. The SMILES string of the molecule is CCCc1c(OCCCCOc2ccc(C(=O)O)cc2)ccc2c1ccn2CC(C)(C)C. The number of unbranched alkanes of at least 4 members (excludes halogenated alkanes) is 1. The molecule has 5 heteroatoms. The van der Waals surface area contributed by atoms with E-state index in [2.05, 4.69) is 56.7 Å². The fourth-order valence-electron chi connectivity index (χ4n) is 3.88. The van der Waals surface area contributed by atoms with Crippen molar-refractivity contribution in [2.45, 2.75) is 59.9 Å². The van der Waals surface area contributed by atoms with E-state index in [9.17, 15) is 4.79 Å². The van der Waals surface area contributed by atoms with Crippen molar-refractivity contribution in [3.63, 3.8) is 0 Å². The number of nitrogens with zero attached hydrogens (tertiary/aromatic N) is 1. The second-order valence-corrected chi connectivity index (χ2v) is 9.46. The van der Waals surface area contributed by atoms with Gasteiger partial charge in [0.05, 0.1) is 18.8 Å². The lowest BCUT2D eigenvalue weighted by Gasteiger charge is -2.20. The normalized spacial score (nSPS) is 11.6. The van der Waals surface area contributed by atoms with Crippen LogP contribution in [-0.2, 0) is 13.0 Å². The van der Waals surface area contributed by atoms with E-state index < -0.39 is 5.97 Å². The molecule has 5 nitrogen and oxygen atoms in total. The van der Waals surface area contributed by atoms with Crippen molar-refractivity contribution in [1.29, 1.82) is 0 Å². The number of aromatic nitrogens is 1. The predicted octanol–water partition coefficient (Wildman–Crippen LogP) is 6.58. The van der Waals surface area contributed by atoms with E-state index >= 15 is 0 Å². The van der Waals surface area contributed by atoms with Gasteiger partial charge in [0.15, 0.2) is 0 Å². The number of carbonyl (C=O) groups is 1. The van der Waals surface area contributed by atoms with Crippen molar-refractivity contribution in [3.05, 3.63) is 59.8 Å². The second-order valence-electron chi connectivity index (χ2n) is 9.46. The molecule has 0 radical (unpaired) electrons. The predicted molar refractivity (Wildman–Crippen MR) is 129 cm³/mol. The van der Waals surface area contributed by atoms with Crippen molar-refractivity contribution in [1.82, 2.24) is 4.57 Å². The Labute approximate surface area is 191 Å². The lowest BCUT2D eigenvalue weighted by Crippen LogP contribution is -2.14. The van der Waals surface area contributed by atoms with Gasteiger partial charge in [-0.3, -0.25) is 0 Å². The topological polar surface area (TPSA) is 60.7 Å². The van der Waals surface area contributed by atoms with E-state index in [1.807, 2.05) is 0 Å². The molecule has 0 spiro atoms. The van der Waals surface area contributed by atoms with Gasteiger partial charge in [-0.05, 0) is 67.1 Å². The van der Waals surface area contributed by atoms with Gasteiger partial charge in [-0.1, -0.05) is 34.1 Å². The van der Waals surface area contributed by atoms with Crippen LogP contribution in [0.3, 0.4) is 0 Å². The van der Waals surface area contributed by atoms with Crippen LogP contribution < -0.4 is 9.47 Å². The molecule has 172 valence electrons. The van der Waals surface area contributed by atoms with E-state index in [0.29, 0.717) is 19.0 Å². The molecule has 1 N–H and O–H groups in total. The molecule has 2 aromatic carbocycles. The van der Waals surface area contributed by atoms with Gasteiger partial charge < -0.3 is 19.1 Å². The number of fused-ring (bicyclic) bond motifs is 1. The Morgan fingerprint density at radius 2 is 1.66 bits per heavy atom. The first-order valence-corrected chi connectivity index (χ1v) is 11.5. The third kappa shape index (κ3) is 6.28. The van der Waals surface area contributed by atoms with Gasteiger partial charge >= 0.3 is 5.97 Å². The Balaban J connectivity index is 1.54. The first-order chi connectivity index (χ1) is 15.3. The molecule has 0 unspecified atom stereocenters. The van der Waals surface area contributed by atoms with E-state index in [0.717, 1.165) is 38.0 Å². The summed E-state index contributed by atoms with van der Waals surface area (Å²) in [6, 6.07) is 13.0. The molecule has 0 saturated heterocycles. The molecular formula is C27H35NO4. The Hall–Kier alpha value is -2.95. The van der Waals surface area contributed by atoms with Crippen LogP contribution in [-0.4, -0.2) is 28.9 Å². The standard InChI is InChI=1S/C27H35NO4/c1-5-8-23-22-15-16-28(19-27(2,3)4)24(22)13-14-25(23)32-18-7-6-17-31-21-11-9-20(10-12-21)26(29)30/h9-16H,5-8,17-19H2,1-4H3,(H,29,30). The van der Waals surface area contributed by atoms with Crippen molar-refractivity contribution in [2.24, 2.45) is 5.41 Å². The maximum absolute atomic E-state index is 10.9. The number of hydrogen-bond acceptors (Lipinski definition) is 3. The van der Waals surface area contributed by atoms with Gasteiger partial charge in [-0.15, -0.1) is 0 Å². The Bertz CT molecular complexity index is 1030. The Kier molecular flexibility index (Phi) is 7.84. The minimum absolute atomic E-state index is 0.229. The molecule has 0 fully saturated rings. The van der Waals surface area contributed by atoms with Gasteiger partial charge in [0.1, 0.15) is 11.5 Å². The van der Waals surface area contributed by atoms with Crippen LogP contribution in [0, 0.1) is 5.41 Å². The van der Waals surface area contributed by atoms with Crippen molar-refractivity contribution in [2.75, 3.05) is 13.2 Å². The molecule has 32 heavy (non-hydrogen) atoms. The lowest BCUT2D eigenvalue weighted by atomic mass is 9.97. The minimum atomic E-state index is -0.930. The number of ether oxygens (including phenoxy) is 2. The highest BCUT2D eigenvalue weighted by atomic mass is 16.5. The molecular weight excluding hydrogens is 402 g/mol. The monoisotopic (exact) mass is 437 g/mol. The molecule has 0 aliphatic carbocycles. The van der Waals surface area contributed by atoms with Crippen LogP contribution in [0.2, 0.25) is 0 Å². The fourth-order valence-corrected chi connectivity index (χ4v) is 3.88. The van der Waals surface area contributed by atoms with E-state index in [1.54, 1.807) is 24.3 Å². The number of hydrogen-bond donors (Lipinski definition) is 1. The average molecular weight is 438 g/mol. The molecule has 3 aromatic rings. The van der Waals surface area contributed by atoms with Crippen LogP contribution in [0.5, 0.6) is 11.5 Å². The van der Waals surface area contributed by atoms with E-state index in [1.165, 1.54) is 16.5 Å². The summed E-state index contributed by atoms with van der Waals surface area (Å²) in [6.45, 7) is 11.2. The first-order valence-electron chi connectivity index (χ1n) is 11.5. The van der Waals surface area contributed by atoms with Crippen LogP contribution in [0.1, 0.15) is 62.9 Å². The van der Waals surface area contributed by atoms with Gasteiger partial charge in [-0.25, -0.2) is 4.79 Å². The lowest BCUT2D eigenvalue weighted by molar-refractivity contribution is 0.0697. The molecule has 0 saturated carbocycles. The molecule has 1 heterocycles. The average Bonchev–Trinajstić information content (AvgIpc) is 3.13. The largest absolute Gasteiger partial charge is 0.494 e. The third-order valence-corrected chi connectivity index (χ3v) is 5.33. The van der Waals surface area contributed by atoms with Crippen LogP contribution in [0.4, 0.5) is 0 Å². The highest BCUT2D eigenvalue weighted by molar-refractivity contribution is 5.87. The van der Waals surface area contributed by atoms with Crippen LogP contribution in [0.15, 0.2) is 48.7 Å². The summed E-state index contributed by atoms with van der Waals surface area (Å²) in [4.78, 5) is 10.9. The van der Waals surface area contributed by atoms with Crippen LogP contribution >= 0.6 is 0 Å². The molecule has 0 aliphatic rings. The van der Waals surface area contributed by atoms with Gasteiger partial charge in [0.25, 0.3) is 0 Å². The van der Waals surface area contributed by atoms with Crippen LogP contribution in [0.25, 0.3) is 10.9 Å². The van der Waals surface area contributed by atoms with E-state index in [-0.39, 0.29) is 11.0 Å². The third-order valence-electron chi connectivity index (χ3n) is 5.33. The first kappa shape index (κ1) is 23.7. The number of aromatic carboxylic acids is 1. The smallest absolute Gasteiger partial charge is 0.335 e. The van der Waals surface area contributed by atoms with Gasteiger partial charge in [0, 0.05) is 29.2 Å². The minimum Gasteiger partial charge on any atom is -0.494 e. The Morgan fingerprint density at radius 1 is 0.969 bits per heavy atom. The number of aryl methyl sites for hydroxylation is 1. The zero-order valence-electron chi connectivity index (χ0n) is 19.7. The van der Waals surface area contributed by atoms with Crippen molar-refractivity contribution in [3.8, 4) is 11.5 Å². The summed E-state index contributed by atoms with van der Waals surface area (Å²) in [7, 11) is 0. The number of carboxylic acids is 1. The zero-order chi connectivity index (χ0) is 23.1. The molecule has 0 bridgehead atoms. The number of benzene rings is 2.